The van der Waals surface area contributed by atoms with Crippen LogP contribution >= 0.6 is 0 Å². The summed E-state index contributed by atoms with van der Waals surface area (Å²) in [5.74, 6) is -0.947. The van der Waals surface area contributed by atoms with Crippen LogP contribution in [-0.2, 0) is 11.2 Å². The molecule has 0 saturated carbocycles. The van der Waals surface area contributed by atoms with E-state index in [1.807, 2.05) is 0 Å². The number of aromatic carboxylic acids is 1. The average molecular weight is 193 g/mol. The summed E-state index contributed by atoms with van der Waals surface area (Å²) in [7, 11) is 0. The first kappa shape index (κ1) is 10.4. The maximum absolute atomic E-state index is 11.1. The first-order chi connectivity index (χ1) is 6.63. The number of carbonyl (C=O) groups excluding carboxylic acids is 1. The molecule has 0 radical (unpaired) electrons. The summed E-state index contributed by atoms with van der Waals surface area (Å²) >= 11 is 0. The molecule has 0 fully saturated rings. The van der Waals surface area contributed by atoms with Crippen molar-refractivity contribution in [3.05, 3.63) is 29.6 Å². The second kappa shape index (κ2) is 4.50. The van der Waals surface area contributed by atoms with Gasteiger partial charge in [0.15, 0.2) is 0 Å². The molecule has 1 heterocycles. The lowest BCUT2D eigenvalue weighted by molar-refractivity contribution is -0.118. The van der Waals surface area contributed by atoms with Crippen molar-refractivity contribution in [3.8, 4) is 0 Å². The van der Waals surface area contributed by atoms with Gasteiger partial charge in [-0.25, -0.2) is 4.79 Å². The zero-order valence-corrected chi connectivity index (χ0v) is 7.86. The summed E-state index contributed by atoms with van der Waals surface area (Å²) in [4.78, 5) is 25.6. The minimum Gasteiger partial charge on any atom is -0.478 e. The van der Waals surface area contributed by atoms with Gasteiger partial charge >= 0.3 is 5.97 Å². The van der Waals surface area contributed by atoms with Crippen molar-refractivity contribution in [2.75, 3.05) is 0 Å². The Morgan fingerprint density at radius 1 is 1.50 bits per heavy atom. The highest BCUT2D eigenvalue weighted by atomic mass is 16.4. The topological polar surface area (TPSA) is 67.3 Å². The van der Waals surface area contributed by atoms with E-state index in [0.717, 1.165) is 0 Å². The number of aromatic nitrogens is 1. The van der Waals surface area contributed by atoms with Crippen LogP contribution < -0.4 is 0 Å². The molecule has 4 nitrogen and oxygen atoms in total. The van der Waals surface area contributed by atoms with Gasteiger partial charge in [0.2, 0.25) is 0 Å². The molecule has 1 rings (SSSR count). The van der Waals surface area contributed by atoms with Crippen LogP contribution in [-0.4, -0.2) is 21.8 Å². The van der Waals surface area contributed by atoms with Crippen LogP contribution in [0.25, 0.3) is 0 Å². The lowest BCUT2D eigenvalue weighted by atomic mass is 10.1. The van der Waals surface area contributed by atoms with Crippen LogP contribution in [0.3, 0.4) is 0 Å². The fourth-order valence-corrected chi connectivity index (χ4v) is 1.03. The van der Waals surface area contributed by atoms with Crippen LogP contribution in [0.15, 0.2) is 18.3 Å². The quantitative estimate of drug-likeness (QED) is 0.782. The molecule has 0 saturated heterocycles. The number of Topliss-reactive ketones (excluding diaryl/α,β-unsaturated/α-hetero) is 1. The molecular weight excluding hydrogens is 182 g/mol. The maximum Gasteiger partial charge on any atom is 0.335 e. The summed E-state index contributed by atoms with van der Waals surface area (Å²) in [5.41, 5.74) is 0.677. The second-order valence-electron chi connectivity index (χ2n) is 2.91. The van der Waals surface area contributed by atoms with E-state index in [-0.39, 0.29) is 17.8 Å². The number of hydrogen-bond acceptors (Lipinski definition) is 3. The molecule has 0 bridgehead atoms. The Morgan fingerprint density at radius 2 is 2.21 bits per heavy atom. The molecule has 1 aromatic heterocycles. The smallest absolute Gasteiger partial charge is 0.335 e. The van der Waals surface area contributed by atoms with Gasteiger partial charge in [-0.05, 0) is 12.1 Å². The maximum atomic E-state index is 11.1. The Kier molecular flexibility index (Phi) is 3.34. The van der Waals surface area contributed by atoms with Crippen LogP contribution in [0.2, 0.25) is 0 Å². The molecule has 1 N–H and O–H groups in total. The van der Waals surface area contributed by atoms with Crippen LogP contribution in [0.4, 0.5) is 0 Å². The normalized spacial score (nSPS) is 9.79. The first-order valence-electron chi connectivity index (χ1n) is 4.33. The molecule has 74 valence electrons. The summed E-state index contributed by atoms with van der Waals surface area (Å²) in [6.45, 7) is 1.77. The van der Waals surface area contributed by atoms with Gasteiger partial charge in [-0.15, -0.1) is 0 Å². The van der Waals surface area contributed by atoms with Crippen molar-refractivity contribution in [2.24, 2.45) is 0 Å². The molecule has 0 aromatic carbocycles. The lowest BCUT2D eigenvalue weighted by Gasteiger charge is -1.99. The SMILES string of the molecule is CCC(=O)Cc1cc(C(=O)O)ccn1. The van der Waals surface area contributed by atoms with Gasteiger partial charge in [0.25, 0.3) is 0 Å². The number of carboxylic acid groups (broad SMARTS) is 1. The number of carbonyl (C=O) groups is 2. The molecule has 0 atom stereocenters. The highest BCUT2D eigenvalue weighted by Crippen LogP contribution is 2.03. The summed E-state index contributed by atoms with van der Waals surface area (Å²) in [5, 5.41) is 8.69. The van der Waals surface area contributed by atoms with Crippen LogP contribution in [0.1, 0.15) is 29.4 Å². The minimum absolute atomic E-state index is 0.0556. The number of pyridine rings is 1. The van der Waals surface area contributed by atoms with Crippen molar-refractivity contribution >= 4 is 11.8 Å². The van der Waals surface area contributed by atoms with Gasteiger partial charge in [-0.2, -0.15) is 0 Å². The van der Waals surface area contributed by atoms with Gasteiger partial charge in [0, 0.05) is 24.7 Å². The largest absolute Gasteiger partial charge is 0.478 e. The molecule has 0 aliphatic heterocycles. The third-order valence-corrected chi connectivity index (χ3v) is 1.84. The molecule has 0 unspecified atom stereocenters. The van der Waals surface area contributed by atoms with Crippen LogP contribution in [0, 0.1) is 0 Å². The van der Waals surface area contributed by atoms with Crippen LogP contribution in [0.5, 0.6) is 0 Å². The van der Waals surface area contributed by atoms with E-state index in [2.05, 4.69) is 4.98 Å². The number of nitrogens with zero attached hydrogens (tertiary/aromatic N) is 1. The number of ketones is 1. The van der Waals surface area contributed by atoms with E-state index >= 15 is 0 Å². The van der Waals surface area contributed by atoms with E-state index in [9.17, 15) is 9.59 Å². The standard InChI is InChI=1S/C10H11NO3/c1-2-9(12)6-8-5-7(10(13)14)3-4-11-8/h3-5H,2,6H2,1H3,(H,13,14). The second-order valence-corrected chi connectivity index (χ2v) is 2.91. The molecule has 4 heteroatoms. The van der Waals surface area contributed by atoms with Crippen molar-refractivity contribution in [3.63, 3.8) is 0 Å². The monoisotopic (exact) mass is 193 g/mol. The summed E-state index contributed by atoms with van der Waals surface area (Å²) in [6, 6.07) is 2.83. The van der Waals surface area contributed by atoms with Crippen molar-refractivity contribution in [1.29, 1.82) is 0 Å². The van der Waals surface area contributed by atoms with Gasteiger partial charge in [-0.3, -0.25) is 9.78 Å². The predicted octanol–water partition coefficient (Wildman–Crippen LogP) is 1.30. The Balaban J connectivity index is 2.83. The highest BCUT2D eigenvalue weighted by molar-refractivity contribution is 5.88. The van der Waals surface area contributed by atoms with Gasteiger partial charge < -0.3 is 5.11 Å². The Hall–Kier alpha value is -1.71. The Labute approximate surface area is 81.6 Å². The van der Waals surface area contributed by atoms with E-state index in [1.165, 1.54) is 18.3 Å². The molecule has 0 spiro atoms. The average Bonchev–Trinajstić information content (AvgIpc) is 2.18. The molecule has 14 heavy (non-hydrogen) atoms. The number of hydrogen-bond donors (Lipinski definition) is 1. The van der Waals surface area contributed by atoms with Gasteiger partial charge in [0.1, 0.15) is 5.78 Å². The summed E-state index contributed by atoms with van der Waals surface area (Å²) in [6.07, 6.45) is 2.05. The zero-order chi connectivity index (χ0) is 10.6. The van der Waals surface area contributed by atoms with Crippen molar-refractivity contribution in [1.82, 2.24) is 4.98 Å². The fraction of sp³-hybridized carbons (Fsp3) is 0.300. The lowest BCUT2D eigenvalue weighted by Crippen LogP contribution is -2.04. The third-order valence-electron chi connectivity index (χ3n) is 1.84. The van der Waals surface area contributed by atoms with Gasteiger partial charge in [0.05, 0.1) is 5.56 Å². The number of rotatable bonds is 4. The predicted molar refractivity (Wildman–Crippen MR) is 50.2 cm³/mol. The summed E-state index contributed by atoms with van der Waals surface area (Å²) < 4.78 is 0. The van der Waals surface area contributed by atoms with Gasteiger partial charge in [-0.1, -0.05) is 6.92 Å². The Morgan fingerprint density at radius 3 is 2.79 bits per heavy atom. The minimum atomic E-state index is -1.00. The van der Waals surface area contributed by atoms with Crippen molar-refractivity contribution < 1.29 is 14.7 Å². The molecule has 0 aliphatic carbocycles. The van der Waals surface area contributed by atoms with E-state index in [4.69, 9.17) is 5.11 Å². The molecule has 0 amide bonds. The van der Waals surface area contributed by atoms with E-state index < -0.39 is 5.97 Å². The highest BCUT2D eigenvalue weighted by Gasteiger charge is 2.06. The van der Waals surface area contributed by atoms with E-state index in [1.54, 1.807) is 6.92 Å². The zero-order valence-electron chi connectivity index (χ0n) is 7.86. The molecular formula is C10H11NO3. The molecule has 0 aliphatic rings. The fourth-order valence-electron chi connectivity index (χ4n) is 1.03. The van der Waals surface area contributed by atoms with E-state index in [0.29, 0.717) is 12.1 Å². The molecule has 1 aromatic rings. The first-order valence-corrected chi connectivity index (χ1v) is 4.33. The third kappa shape index (κ3) is 2.65. The van der Waals surface area contributed by atoms with Crippen molar-refractivity contribution in [2.45, 2.75) is 19.8 Å². The Bertz CT molecular complexity index is 360. The number of carboxylic acids is 1.